The summed E-state index contributed by atoms with van der Waals surface area (Å²) in [7, 11) is 0. The van der Waals surface area contributed by atoms with Gasteiger partial charge in [0.15, 0.2) is 0 Å². The number of piperidine rings is 1. The highest BCUT2D eigenvalue weighted by molar-refractivity contribution is 8.00. The summed E-state index contributed by atoms with van der Waals surface area (Å²) in [4.78, 5) is 14.8. The largest absolute Gasteiger partial charge is 0.435 e. The molecule has 170 valence electrons. The van der Waals surface area contributed by atoms with Gasteiger partial charge in [0.05, 0.1) is 0 Å². The van der Waals surface area contributed by atoms with E-state index in [4.69, 9.17) is 16.3 Å². The summed E-state index contributed by atoms with van der Waals surface area (Å²) in [6.07, 6.45) is -6.27. The number of benzene rings is 2. The Kier molecular flexibility index (Phi) is 9.81. The summed E-state index contributed by atoms with van der Waals surface area (Å²) < 4.78 is 45.3. The molecule has 31 heavy (non-hydrogen) atoms. The first-order chi connectivity index (χ1) is 14.3. The number of likely N-dealkylation sites (tertiary alicyclic amines) is 1. The van der Waals surface area contributed by atoms with Gasteiger partial charge in [-0.05, 0) is 55.8 Å². The number of nitrogens with one attached hydrogen (secondary N) is 1. The lowest BCUT2D eigenvalue weighted by molar-refractivity contribution is -0.207. The number of alkyl halides is 3. The van der Waals surface area contributed by atoms with Gasteiger partial charge in [0.25, 0.3) is 0 Å². The van der Waals surface area contributed by atoms with Crippen LogP contribution in [0.3, 0.4) is 0 Å². The van der Waals surface area contributed by atoms with Crippen LogP contribution >= 0.6 is 35.8 Å². The van der Waals surface area contributed by atoms with E-state index in [1.807, 2.05) is 30.3 Å². The maximum atomic E-state index is 13.5. The Hall–Kier alpha value is -1.61. The predicted octanol–water partition coefficient (Wildman–Crippen LogP) is 6.50. The standard InChI is InChI=1S/C21H22ClF3N2O2S.ClH/c22-15-8-10-16(11-9-15)26-20(28)29-19(21(23,24)25)14-27-12-4-7-18(13-27)30-17-5-2-1-3-6-17;/h1-3,5-6,8-11,18-19H,4,7,12-14H2,(H,26,28);1H/t18?,19-;/m0./s1. The molecule has 0 aromatic heterocycles. The highest BCUT2D eigenvalue weighted by Crippen LogP contribution is 2.31. The number of hydrogen-bond acceptors (Lipinski definition) is 4. The van der Waals surface area contributed by atoms with Crippen molar-refractivity contribution in [3.8, 4) is 0 Å². The maximum Gasteiger partial charge on any atom is 0.426 e. The molecule has 1 heterocycles. The van der Waals surface area contributed by atoms with Gasteiger partial charge in [-0.3, -0.25) is 10.2 Å². The van der Waals surface area contributed by atoms with Crippen molar-refractivity contribution >= 4 is 47.6 Å². The van der Waals surface area contributed by atoms with Crippen LogP contribution in [-0.4, -0.2) is 48.2 Å². The zero-order valence-electron chi connectivity index (χ0n) is 16.5. The minimum atomic E-state index is -4.66. The van der Waals surface area contributed by atoms with E-state index < -0.39 is 18.4 Å². The molecular weight excluding hydrogens is 472 g/mol. The third-order valence-corrected chi connectivity index (χ3v) is 6.15. The van der Waals surface area contributed by atoms with Crippen LogP contribution in [0.1, 0.15) is 12.8 Å². The predicted molar refractivity (Wildman–Crippen MR) is 120 cm³/mol. The van der Waals surface area contributed by atoms with Crippen LogP contribution in [-0.2, 0) is 4.74 Å². The van der Waals surface area contributed by atoms with Gasteiger partial charge in [-0.2, -0.15) is 13.2 Å². The molecule has 1 unspecified atom stereocenters. The van der Waals surface area contributed by atoms with Crippen LogP contribution in [0.15, 0.2) is 59.5 Å². The van der Waals surface area contributed by atoms with Crippen molar-refractivity contribution in [1.82, 2.24) is 4.90 Å². The van der Waals surface area contributed by atoms with E-state index in [0.717, 1.165) is 17.7 Å². The third kappa shape index (κ3) is 8.44. The molecule has 0 spiro atoms. The number of carbonyl (C=O) groups excluding carboxylic acids is 1. The van der Waals surface area contributed by atoms with Crippen LogP contribution in [0.5, 0.6) is 0 Å². The Labute approximate surface area is 194 Å². The number of amides is 1. The molecule has 1 amide bonds. The topological polar surface area (TPSA) is 41.6 Å². The highest BCUT2D eigenvalue weighted by Gasteiger charge is 2.44. The third-order valence-electron chi connectivity index (χ3n) is 4.64. The van der Waals surface area contributed by atoms with E-state index in [-0.39, 0.29) is 24.2 Å². The molecule has 1 aliphatic rings. The number of halogens is 5. The average molecular weight is 495 g/mol. The van der Waals surface area contributed by atoms with Crippen LogP contribution in [0, 0.1) is 0 Å². The summed E-state index contributed by atoms with van der Waals surface area (Å²) in [6, 6.07) is 15.8. The summed E-state index contributed by atoms with van der Waals surface area (Å²) in [5.41, 5.74) is 0.308. The van der Waals surface area contributed by atoms with Crippen LogP contribution in [0.4, 0.5) is 23.7 Å². The lowest BCUT2D eigenvalue weighted by Crippen LogP contribution is -2.48. The first kappa shape index (κ1) is 25.6. The van der Waals surface area contributed by atoms with Crippen molar-refractivity contribution in [3.05, 3.63) is 59.6 Å². The molecule has 2 aromatic carbocycles. The fourth-order valence-corrected chi connectivity index (χ4v) is 4.61. The molecule has 3 rings (SSSR count). The van der Waals surface area contributed by atoms with Crippen molar-refractivity contribution in [3.63, 3.8) is 0 Å². The smallest absolute Gasteiger partial charge is 0.426 e. The molecule has 1 fully saturated rings. The number of thioether (sulfide) groups is 1. The first-order valence-corrected chi connectivity index (χ1v) is 10.8. The zero-order chi connectivity index (χ0) is 21.6. The summed E-state index contributed by atoms with van der Waals surface area (Å²) >= 11 is 7.43. The first-order valence-electron chi connectivity index (χ1n) is 9.53. The number of anilines is 1. The van der Waals surface area contributed by atoms with E-state index in [2.05, 4.69) is 5.32 Å². The Morgan fingerprint density at radius 1 is 1.19 bits per heavy atom. The average Bonchev–Trinajstić information content (AvgIpc) is 2.70. The van der Waals surface area contributed by atoms with Gasteiger partial charge in [-0.1, -0.05) is 29.8 Å². The van der Waals surface area contributed by atoms with Crippen LogP contribution in [0.25, 0.3) is 0 Å². The lowest BCUT2D eigenvalue weighted by Gasteiger charge is -2.34. The van der Waals surface area contributed by atoms with Gasteiger partial charge in [0.2, 0.25) is 6.10 Å². The van der Waals surface area contributed by atoms with Crippen molar-refractivity contribution in [2.45, 2.75) is 35.3 Å². The van der Waals surface area contributed by atoms with Gasteiger partial charge in [0.1, 0.15) is 0 Å². The summed E-state index contributed by atoms with van der Waals surface area (Å²) in [6.45, 7) is 0.665. The number of hydrogen-bond donors (Lipinski definition) is 1. The highest BCUT2D eigenvalue weighted by atomic mass is 35.5. The minimum Gasteiger partial charge on any atom is -0.435 e. The minimum absolute atomic E-state index is 0. The second kappa shape index (κ2) is 11.9. The molecular formula is C21H23Cl2F3N2O2S. The Morgan fingerprint density at radius 3 is 2.52 bits per heavy atom. The van der Waals surface area contributed by atoms with Gasteiger partial charge in [-0.25, -0.2) is 4.79 Å². The van der Waals surface area contributed by atoms with Crippen molar-refractivity contribution < 1.29 is 22.7 Å². The van der Waals surface area contributed by atoms with E-state index in [1.165, 1.54) is 24.3 Å². The van der Waals surface area contributed by atoms with Crippen molar-refractivity contribution in [1.29, 1.82) is 0 Å². The van der Waals surface area contributed by atoms with Gasteiger partial charge in [-0.15, -0.1) is 24.2 Å². The molecule has 2 atom stereocenters. The maximum absolute atomic E-state index is 13.5. The zero-order valence-corrected chi connectivity index (χ0v) is 18.9. The van der Waals surface area contributed by atoms with Crippen LogP contribution in [0.2, 0.25) is 5.02 Å². The molecule has 0 bridgehead atoms. The molecule has 0 saturated carbocycles. The fourth-order valence-electron chi connectivity index (χ4n) is 3.22. The molecule has 2 aromatic rings. The number of ether oxygens (including phenoxy) is 1. The molecule has 1 aliphatic heterocycles. The van der Waals surface area contributed by atoms with Crippen molar-refractivity contribution in [2.75, 3.05) is 25.0 Å². The SMILES string of the molecule is Cl.O=C(Nc1ccc(Cl)cc1)O[C@@H](CN1CCCC(Sc2ccccc2)C1)C(F)(F)F. The van der Waals surface area contributed by atoms with Crippen molar-refractivity contribution in [2.24, 2.45) is 0 Å². The number of carbonyl (C=O) groups is 1. The van der Waals surface area contributed by atoms with E-state index in [0.29, 0.717) is 23.8 Å². The lowest BCUT2D eigenvalue weighted by atomic mass is 10.1. The van der Waals surface area contributed by atoms with Crippen LogP contribution < -0.4 is 5.32 Å². The molecule has 4 nitrogen and oxygen atoms in total. The number of nitrogens with zero attached hydrogens (tertiary/aromatic N) is 1. The Bertz CT molecular complexity index is 826. The van der Waals surface area contributed by atoms with Gasteiger partial charge >= 0.3 is 12.3 Å². The second-order valence-corrected chi connectivity index (χ2v) is 8.83. The molecule has 1 saturated heterocycles. The van der Waals surface area contributed by atoms with E-state index in [9.17, 15) is 18.0 Å². The van der Waals surface area contributed by atoms with E-state index in [1.54, 1.807) is 16.7 Å². The molecule has 0 aliphatic carbocycles. The number of rotatable bonds is 6. The summed E-state index contributed by atoms with van der Waals surface area (Å²) in [5.74, 6) is 0. The molecule has 0 radical (unpaired) electrons. The second-order valence-electron chi connectivity index (χ2n) is 7.02. The summed E-state index contributed by atoms with van der Waals surface area (Å²) in [5, 5.41) is 2.95. The van der Waals surface area contributed by atoms with E-state index >= 15 is 0 Å². The monoisotopic (exact) mass is 494 g/mol. The normalized spacial score (nSPS) is 18.0. The molecule has 1 N–H and O–H groups in total. The van der Waals surface area contributed by atoms with Gasteiger partial charge in [0, 0.05) is 33.9 Å². The van der Waals surface area contributed by atoms with Gasteiger partial charge < -0.3 is 4.74 Å². The quantitative estimate of drug-likeness (QED) is 0.497. The Morgan fingerprint density at radius 2 is 1.87 bits per heavy atom. The fraction of sp³-hybridized carbons (Fsp3) is 0.381. The molecule has 10 heteroatoms. The Balaban J connectivity index is 0.00000341.